The largest absolute Gasteiger partial charge is 0.547 e. The molecule has 1 amide bonds. The predicted molar refractivity (Wildman–Crippen MR) is 92.4 cm³/mol. The molecule has 0 unspecified atom stereocenters. The Kier molecular flexibility index (Phi) is 5.15. The van der Waals surface area contributed by atoms with Gasteiger partial charge in [0.25, 0.3) is 5.91 Å². The van der Waals surface area contributed by atoms with Crippen LogP contribution in [0.4, 0.5) is 13.9 Å². The van der Waals surface area contributed by atoms with Crippen molar-refractivity contribution in [3.63, 3.8) is 0 Å². The number of nitrogen functional groups attached to an aromatic ring is 1. The third-order valence-electron chi connectivity index (χ3n) is 3.88. The van der Waals surface area contributed by atoms with E-state index >= 15 is 0 Å². The van der Waals surface area contributed by atoms with Crippen molar-refractivity contribution in [3.8, 4) is 5.75 Å². The molecule has 14 heteroatoms. The summed E-state index contributed by atoms with van der Waals surface area (Å²) >= 11 is 0.998. The molecule has 2 heterocycles. The molecule has 3 rings (SSSR count). The molecule has 0 spiro atoms. The fourth-order valence-corrected chi connectivity index (χ4v) is 3.20. The lowest BCUT2D eigenvalue weighted by Gasteiger charge is -2.29. The van der Waals surface area contributed by atoms with Gasteiger partial charge in [-0.3, -0.25) is 4.79 Å². The van der Waals surface area contributed by atoms with Gasteiger partial charge in [-0.15, -0.1) is 11.3 Å². The van der Waals surface area contributed by atoms with Gasteiger partial charge in [0.1, 0.15) is 17.0 Å². The number of carboxylic acids is 1. The Bertz CT molecular complexity index is 1000. The SMILES string of the molecule is Nc1nc(/C(=N/O)C(=O)N[C@H]2Cc3cc(F)c(F)c(C(=O)O)c3OB2O)cs1. The van der Waals surface area contributed by atoms with Crippen molar-refractivity contribution in [2.45, 2.75) is 12.4 Å². The minimum absolute atomic E-state index is 0.0182. The summed E-state index contributed by atoms with van der Waals surface area (Å²) in [6.07, 6.45) is -0.280. The van der Waals surface area contributed by atoms with Gasteiger partial charge in [0.2, 0.25) is 0 Å². The van der Waals surface area contributed by atoms with E-state index in [4.69, 9.17) is 20.7 Å². The Morgan fingerprint density at radius 1 is 1.46 bits per heavy atom. The smallest absolute Gasteiger partial charge is 0.534 e. The summed E-state index contributed by atoms with van der Waals surface area (Å²) in [5, 5.41) is 34.9. The standard InChI is InChI=1S/C14H11BF2N4O6S/c16-5-1-4-2-7(15(25)27-11(4)8(9(5)17)13(23)24)20-12(22)10(21-26)6-3-28-14(18)19-6/h1,3,7,25-26H,2H2,(H2,18,19)(H,20,22)(H,23,24)/b21-10-/t7-/m0/s1. The number of rotatable bonds is 4. The number of nitrogens with two attached hydrogens (primary N) is 1. The third kappa shape index (κ3) is 3.46. The van der Waals surface area contributed by atoms with Gasteiger partial charge in [-0.1, -0.05) is 5.16 Å². The van der Waals surface area contributed by atoms with E-state index in [0.717, 1.165) is 11.3 Å². The molecule has 1 aromatic heterocycles. The molecule has 1 aliphatic heterocycles. The van der Waals surface area contributed by atoms with E-state index in [1.807, 2.05) is 0 Å². The first-order chi connectivity index (χ1) is 13.2. The number of aromatic nitrogens is 1. The van der Waals surface area contributed by atoms with Crippen LogP contribution in [0.3, 0.4) is 0 Å². The number of oxime groups is 1. The van der Waals surface area contributed by atoms with Gasteiger partial charge < -0.3 is 31.0 Å². The van der Waals surface area contributed by atoms with Crippen molar-refractivity contribution >= 4 is 41.2 Å². The van der Waals surface area contributed by atoms with Gasteiger partial charge >= 0.3 is 13.1 Å². The molecule has 0 bridgehead atoms. The monoisotopic (exact) mass is 412 g/mol. The summed E-state index contributed by atoms with van der Waals surface area (Å²) in [7, 11) is -1.78. The maximum atomic E-state index is 13.8. The van der Waals surface area contributed by atoms with Crippen LogP contribution in [0.25, 0.3) is 0 Å². The average molecular weight is 412 g/mol. The molecular formula is C14H11BF2N4O6S. The van der Waals surface area contributed by atoms with Gasteiger partial charge in [-0.2, -0.15) is 0 Å². The van der Waals surface area contributed by atoms with Gasteiger partial charge in [0.15, 0.2) is 22.5 Å². The molecule has 0 saturated heterocycles. The van der Waals surface area contributed by atoms with E-state index in [-0.39, 0.29) is 22.8 Å². The van der Waals surface area contributed by atoms with Gasteiger partial charge in [0.05, 0.1) is 5.94 Å². The van der Waals surface area contributed by atoms with Crippen molar-refractivity contribution in [2.75, 3.05) is 5.73 Å². The fourth-order valence-electron chi connectivity index (χ4n) is 2.65. The van der Waals surface area contributed by atoms with Crippen molar-refractivity contribution in [1.82, 2.24) is 10.3 Å². The Balaban J connectivity index is 1.87. The number of halogens is 2. The van der Waals surface area contributed by atoms with Crippen molar-refractivity contribution < 1.29 is 38.4 Å². The number of benzene rings is 1. The highest BCUT2D eigenvalue weighted by Gasteiger charge is 2.40. The Morgan fingerprint density at radius 3 is 2.75 bits per heavy atom. The van der Waals surface area contributed by atoms with Crippen molar-refractivity contribution in [1.29, 1.82) is 0 Å². The van der Waals surface area contributed by atoms with Crippen LogP contribution in [0.15, 0.2) is 16.6 Å². The number of hydrogen-bond donors (Lipinski definition) is 5. The molecule has 28 heavy (non-hydrogen) atoms. The van der Waals surface area contributed by atoms with Crippen LogP contribution >= 0.6 is 11.3 Å². The fraction of sp³-hybridized carbons (Fsp3) is 0.143. The first-order valence-corrected chi connectivity index (χ1v) is 8.44. The summed E-state index contributed by atoms with van der Waals surface area (Å²) in [5.41, 5.74) is 3.81. The van der Waals surface area contributed by atoms with E-state index in [1.54, 1.807) is 0 Å². The normalized spacial score (nSPS) is 16.3. The van der Waals surface area contributed by atoms with Gasteiger partial charge in [-0.25, -0.2) is 18.6 Å². The van der Waals surface area contributed by atoms with E-state index in [9.17, 15) is 23.4 Å². The third-order valence-corrected chi connectivity index (χ3v) is 4.56. The van der Waals surface area contributed by atoms with E-state index in [0.29, 0.717) is 6.07 Å². The Labute approximate surface area is 159 Å². The number of anilines is 1. The van der Waals surface area contributed by atoms with E-state index in [1.165, 1.54) is 5.38 Å². The van der Waals surface area contributed by atoms with Crippen molar-refractivity contribution in [2.24, 2.45) is 5.16 Å². The summed E-state index contributed by atoms with van der Waals surface area (Å²) in [4.78, 5) is 27.3. The van der Waals surface area contributed by atoms with E-state index < -0.39 is 53.6 Å². The number of carbonyl (C=O) groups excluding carboxylic acids is 1. The quantitative estimate of drug-likeness (QED) is 0.203. The summed E-state index contributed by atoms with van der Waals surface area (Å²) in [6, 6.07) is 0.713. The summed E-state index contributed by atoms with van der Waals surface area (Å²) in [6.45, 7) is 0. The molecule has 146 valence electrons. The summed E-state index contributed by atoms with van der Waals surface area (Å²) in [5.74, 6) is -7.50. The highest BCUT2D eigenvalue weighted by atomic mass is 32.1. The topological polar surface area (TPSA) is 167 Å². The zero-order valence-corrected chi connectivity index (χ0v) is 14.5. The van der Waals surface area contributed by atoms with Crippen LogP contribution in [0.1, 0.15) is 21.6 Å². The molecule has 1 atom stereocenters. The molecule has 0 radical (unpaired) electrons. The Morgan fingerprint density at radius 2 is 2.18 bits per heavy atom. The molecule has 10 nitrogen and oxygen atoms in total. The molecule has 0 fully saturated rings. The number of carboxylic acid groups (broad SMARTS) is 1. The lowest BCUT2D eigenvalue weighted by Crippen LogP contribution is -2.54. The van der Waals surface area contributed by atoms with Crippen LogP contribution in [0, 0.1) is 11.6 Å². The number of thiazole rings is 1. The number of nitrogens with zero attached hydrogens (tertiary/aromatic N) is 2. The van der Waals surface area contributed by atoms with Crippen molar-refractivity contribution in [3.05, 3.63) is 39.9 Å². The Hall–Kier alpha value is -3.26. The number of amides is 1. The average Bonchev–Trinajstić information content (AvgIpc) is 3.04. The molecular weight excluding hydrogens is 401 g/mol. The minimum atomic E-state index is -1.78. The molecule has 2 aromatic rings. The first-order valence-electron chi connectivity index (χ1n) is 7.56. The van der Waals surface area contributed by atoms with Gasteiger partial charge in [0, 0.05) is 5.38 Å². The van der Waals surface area contributed by atoms with Crippen LogP contribution in [-0.2, 0) is 11.2 Å². The highest BCUT2D eigenvalue weighted by Crippen LogP contribution is 2.33. The lowest BCUT2D eigenvalue weighted by molar-refractivity contribution is -0.115. The lowest BCUT2D eigenvalue weighted by atomic mass is 9.72. The van der Waals surface area contributed by atoms with Crippen LogP contribution in [0.5, 0.6) is 5.75 Å². The molecule has 0 saturated carbocycles. The second-order valence-electron chi connectivity index (χ2n) is 5.65. The maximum absolute atomic E-state index is 13.8. The number of hydrogen-bond acceptors (Lipinski definition) is 9. The number of nitrogens with one attached hydrogen (secondary N) is 1. The highest BCUT2D eigenvalue weighted by molar-refractivity contribution is 7.13. The maximum Gasteiger partial charge on any atom is 0.547 e. The number of fused-ring (bicyclic) bond motifs is 1. The molecule has 6 N–H and O–H groups in total. The van der Waals surface area contributed by atoms with Crippen LogP contribution < -0.4 is 15.7 Å². The summed E-state index contributed by atoms with van der Waals surface area (Å²) < 4.78 is 32.5. The second-order valence-corrected chi connectivity index (χ2v) is 6.54. The molecule has 1 aliphatic rings. The zero-order valence-electron chi connectivity index (χ0n) is 13.7. The van der Waals surface area contributed by atoms with Gasteiger partial charge in [-0.05, 0) is 18.1 Å². The number of aromatic carboxylic acids is 1. The zero-order chi connectivity index (χ0) is 20.6. The molecule has 1 aromatic carbocycles. The van der Waals surface area contributed by atoms with E-state index in [2.05, 4.69) is 15.5 Å². The van der Waals surface area contributed by atoms with Crippen LogP contribution in [-0.4, -0.2) is 51.0 Å². The second kappa shape index (κ2) is 7.40. The minimum Gasteiger partial charge on any atom is -0.534 e. The first kappa shape index (κ1) is 19.5. The molecule has 0 aliphatic carbocycles. The number of carbonyl (C=O) groups is 2. The van der Waals surface area contributed by atoms with Crippen LogP contribution in [0.2, 0.25) is 0 Å². The predicted octanol–water partition coefficient (Wildman–Crippen LogP) is 0.0196.